The van der Waals surface area contributed by atoms with Gasteiger partial charge in [-0.05, 0) is 49.2 Å². The summed E-state index contributed by atoms with van der Waals surface area (Å²) in [5.41, 5.74) is 0.792. The van der Waals surface area contributed by atoms with Crippen molar-refractivity contribution >= 4 is 29.3 Å². The number of likely N-dealkylation sites (tertiary alicyclic amines) is 1. The van der Waals surface area contributed by atoms with Gasteiger partial charge in [-0.25, -0.2) is 0 Å². The molecule has 1 aromatic heterocycles. The number of furan rings is 1. The molecule has 1 saturated heterocycles. The topological polar surface area (TPSA) is 62.6 Å². The molecule has 2 heterocycles. The van der Waals surface area contributed by atoms with Gasteiger partial charge in [-0.1, -0.05) is 42.1 Å². The molecule has 1 aliphatic rings. The fourth-order valence-corrected chi connectivity index (χ4v) is 4.36. The van der Waals surface area contributed by atoms with Crippen molar-refractivity contribution in [1.29, 1.82) is 0 Å². The minimum atomic E-state index is -0.238. The molecule has 1 fully saturated rings. The van der Waals surface area contributed by atoms with Gasteiger partial charge in [-0.15, -0.1) is 0 Å². The lowest BCUT2D eigenvalue weighted by Gasteiger charge is -2.31. The number of carbonyl (C=O) groups is 2. The van der Waals surface area contributed by atoms with Crippen LogP contribution in [0.4, 0.5) is 5.69 Å². The number of nitrogens with one attached hydrogen (secondary N) is 1. The summed E-state index contributed by atoms with van der Waals surface area (Å²) in [5.74, 6) is -0.135. The number of carbonyl (C=O) groups excluding carboxylic acids is 2. The predicted molar refractivity (Wildman–Crippen MR) is 113 cm³/mol. The van der Waals surface area contributed by atoms with E-state index in [9.17, 15) is 9.59 Å². The minimum absolute atomic E-state index is 0.0527. The van der Waals surface area contributed by atoms with Gasteiger partial charge < -0.3 is 14.6 Å². The van der Waals surface area contributed by atoms with Gasteiger partial charge in [-0.3, -0.25) is 9.59 Å². The van der Waals surface area contributed by atoms with E-state index in [1.165, 1.54) is 6.26 Å². The van der Waals surface area contributed by atoms with Crippen LogP contribution in [-0.2, 0) is 4.79 Å². The minimum Gasteiger partial charge on any atom is -0.459 e. The van der Waals surface area contributed by atoms with Gasteiger partial charge in [0.2, 0.25) is 5.91 Å². The Labute approximate surface area is 174 Å². The average molecular weight is 407 g/mol. The van der Waals surface area contributed by atoms with E-state index in [2.05, 4.69) is 5.32 Å². The molecule has 0 unspecified atom stereocenters. The van der Waals surface area contributed by atoms with E-state index in [0.29, 0.717) is 18.8 Å². The monoisotopic (exact) mass is 406 g/mol. The Kier molecular flexibility index (Phi) is 6.00. The van der Waals surface area contributed by atoms with E-state index in [1.807, 2.05) is 54.6 Å². The number of hydrogen-bond donors (Lipinski definition) is 1. The summed E-state index contributed by atoms with van der Waals surface area (Å²) in [6.45, 7) is 1.04. The van der Waals surface area contributed by atoms with Crippen LogP contribution < -0.4 is 5.32 Å². The number of hydrogen-bond acceptors (Lipinski definition) is 4. The molecule has 1 atom stereocenters. The molecule has 0 saturated carbocycles. The summed E-state index contributed by atoms with van der Waals surface area (Å²) in [6.07, 6.45) is 3.05. The maximum Gasteiger partial charge on any atom is 0.289 e. The van der Waals surface area contributed by atoms with Gasteiger partial charge in [0, 0.05) is 22.9 Å². The maximum absolute atomic E-state index is 12.9. The van der Waals surface area contributed by atoms with E-state index in [1.54, 1.807) is 28.8 Å². The van der Waals surface area contributed by atoms with Crippen LogP contribution in [0, 0.1) is 5.92 Å². The highest BCUT2D eigenvalue weighted by Crippen LogP contribution is 2.33. The molecule has 2 amide bonds. The van der Waals surface area contributed by atoms with E-state index in [0.717, 1.165) is 28.3 Å². The first-order chi connectivity index (χ1) is 14.2. The number of nitrogens with zero attached hydrogens (tertiary/aromatic N) is 1. The largest absolute Gasteiger partial charge is 0.459 e. The number of benzene rings is 2. The summed E-state index contributed by atoms with van der Waals surface area (Å²) < 4.78 is 5.22. The van der Waals surface area contributed by atoms with E-state index >= 15 is 0 Å². The summed E-state index contributed by atoms with van der Waals surface area (Å²) in [7, 11) is 0. The molecule has 0 spiro atoms. The van der Waals surface area contributed by atoms with Crippen LogP contribution in [-0.4, -0.2) is 29.8 Å². The standard InChI is InChI=1S/C23H22N2O3S/c26-22(17-8-6-14-25(16-17)23(27)20-12-7-15-28-20)24-19-11-4-5-13-21(19)29-18-9-2-1-3-10-18/h1-5,7,9-13,15,17H,6,8,14,16H2,(H,24,26)/t17-/m0/s1. The van der Waals surface area contributed by atoms with Crippen LogP contribution in [0.25, 0.3) is 0 Å². The van der Waals surface area contributed by atoms with Crippen molar-refractivity contribution in [3.63, 3.8) is 0 Å². The zero-order chi connectivity index (χ0) is 20.1. The van der Waals surface area contributed by atoms with Gasteiger partial charge in [-0.2, -0.15) is 0 Å². The molecule has 0 bridgehead atoms. The lowest BCUT2D eigenvalue weighted by atomic mass is 9.96. The van der Waals surface area contributed by atoms with E-state index in [-0.39, 0.29) is 17.7 Å². The van der Waals surface area contributed by atoms with Crippen molar-refractivity contribution in [2.24, 2.45) is 5.92 Å². The van der Waals surface area contributed by atoms with Gasteiger partial charge in [0.15, 0.2) is 5.76 Å². The van der Waals surface area contributed by atoms with E-state index in [4.69, 9.17) is 4.42 Å². The number of rotatable bonds is 5. The van der Waals surface area contributed by atoms with Crippen LogP contribution in [0.2, 0.25) is 0 Å². The fourth-order valence-electron chi connectivity index (χ4n) is 3.44. The SMILES string of the molecule is O=C(Nc1ccccc1Sc1ccccc1)[C@H]1CCCN(C(=O)c2ccco2)C1. The molecule has 148 valence electrons. The second-order valence-electron chi connectivity index (χ2n) is 6.97. The average Bonchev–Trinajstić information content (AvgIpc) is 3.30. The zero-order valence-electron chi connectivity index (χ0n) is 15.9. The zero-order valence-corrected chi connectivity index (χ0v) is 16.7. The Bertz CT molecular complexity index is 973. The quantitative estimate of drug-likeness (QED) is 0.653. The predicted octanol–water partition coefficient (Wildman–Crippen LogP) is 4.92. The Morgan fingerprint density at radius 3 is 2.59 bits per heavy atom. The number of piperidine rings is 1. The lowest BCUT2D eigenvalue weighted by Crippen LogP contribution is -2.43. The molecule has 6 heteroatoms. The molecule has 4 rings (SSSR count). The van der Waals surface area contributed by atoms with Crippen LogP contribution >= 0.6 is 11.8 Å². The summed E-state index contributed by atoms with van der Waals surface area (Å²) in [6, 6.07) is 21.2. The van der Waals surface area contributed by atoms with Crippen molar-refractivity contribution in [1.82, 2.24) is 4.90 Å². The van der Waals surface area contributed by atoms with Gasteiger partial charge >= 0.3 is 0 Å². The van der Waals surface area contributed by atoms with Gasteiger partial charge in [0.25, 0.3) is 5.91 Å². The molecule has 5 nitrogen and oxygen atoms in total. The molecule has 0 radical (unpaired) electrons. The molecular weight excluding hydrogens is 384 g/mol. The third kappa shape index (κ3) is 4.71. The summed E-state index contributed by atoms with van der Waals surface area (Å²) in [4.78, 5) is 29.3. The highest BCUT2D eigenvalue weighted by molar-refractivity contribution is 7.99. The highest BCUT2D eigenvalue weighted by Gasteiger charge is 2.30. The van der Waals surface area contributed by atoms with Crippen molar-refractivity contribution in [3.05, 3.63) is 78.8 Å². The molecule has 29 heavy (non-hydrogen) atoms. The molecule has 1 N–H and O–H groups in total. The second-order valence-corrected chi connectivity index (χ2v) is 8.08. The fraction of sp³-hybridized carbons (Fsp3) is 0.217. The lowest BCUT2D eigenvalue weighted by molar-refractivity contribution is -0.121. The summed E-state index contributed by atoms with van der Waals surface area (Å²) in [5, 5.41) is 3.07. The number of anilines is 1. The van der Waals surface area contributed by atoms with Crippen LogP contribution in [0.1, 0.15) is 23.4 Å². The molecule has 1 aliphatic heterocycles. The van der Waals surface area contributed by atoms with Gasteiger partial charge in [0.1, 0.15) is 0 Å². The van der Waals surface area contributed by atoms with Crippen LogP contribution in [0.3, 0.4) is 0 Å². The third-order valence-electron chi connectivity index (χ3n) is 4.93. The van der Waals surface area contributed by atoms with Crippen molar-refractivity contribution < 1.29 is 14.0 Å². The number of amides is 2. The first kappa shape index (κ1) is 19.3. The van der Waals surface area contributed by atoms with Gasteiger partial charge in [0.05, 0.1) is 17.9 Å². The Balaban J connectivity index is 1.43. The maximum atomic E-state index is 12.9. The molecule has 3 aromatic rings. The summed E-state index contributed by atoms with van der Waals surface area (Å²) >= 11 is 1.61. The third-order valence-corrected chi connectivity index (χ3v) is 6.01. The Morgan fingerprint density at radius 2 is 1.79 bits per heavy atom. The second kappa shape index (κ2) is 9.01. The molecule has 2 aromatic carbocycles. The van der Waals surface area contributed by atoms with E-state index < -0.39 is 0 Å². The first-order valence-corrected chi connectivity index (χ1v) is 10.5. The highest BCUT2D eigenvalue weighted by atomic mass is 32.2. The Hall–Kier alpha value is -2.99. The number of para-hydroxylation sites is 1. The molecular formula is C23H22N2O3S. The first-order valence-electron chi connectivity index (χ1n) is 9.66. The Morgan fingerprint density at radius 1 is 1.00 bits per heavy atom. The molecule has 0 aliphatic carbocycles. The smallest absolute Gasteiger partial charge is 0.289 e. The van der Waals surface area contributed by atoms with Crippen LogP contribution in [0.5, 0.6) is 0 Å². The van der Waals surface area contributed by atoms with Crippen molar-refractivity contribution in [3.8, 4) is 0 Å². The van der Waals surface area contributed by atoms with Crippen molar-refractivity contribution in [2.45, 2.75) is 22.6 Å². The normalized spacial score (nSPS) is 16.4. The van der Waals surface area contributed by atoms with Crippen LogP contribution in [0.15, 0.2) is 87.2 Å². The van der Waals surface area contributed by atoms with Crippen molar-refractivity contribution in [2.75, 3.05) is 18.4 Å².